The lowest BCUT2D eigenvalue weighted by atomic mass is 9.80. The molecular formula is C27H35F3O. The molecule has 1 nitrogen and oxygen atoms in total. The van der Waals surface area contributed by atoms with Crippen LogP contribution in [0.15, 0.2) is 36.4 Å². The van der Waals surface area contributed by atoms with Crippen molar-refractivity contribution in [2.75, 3.05) is 6.61 Å². The number of rotatable bonds is 11. The molecule has 0 aromatic heterocycles. The smallest absolute Gasteiger partial charge is 0.201 e. The average Bonchev–Trinajstić information content (AvgIpc) is 2.79. The van der Waals surface area contributed by atoms with E-state index in [1.165, 1.54) is 94.2 Å². The largest absolute Gasteiger partial charge is 0.490 e. The molecule has 2 aromatic carbocycles. The molecular weight excluding hydrogens is 397 g/mol. The van der Waals surface area contributed by atoms with Crippen LogP contribution >= 0.6 is 0 Å². The number of benzene rings is 2. The summed E-state index contributed by atoms with van der Waals surface area (Å²) in [5.41, 5.74) is 0.549. The van der Waals surface area contributed by atoms with Crippen molar-refractivity contribution >= 4 is 0 Å². The Morgan fingerprint density at radius 3 is 2.10 bits per heavy atom. The summed E-state index contributed by atoms with van der Waals surface area (Å²) in [4.78, 5) is 0. The first-order valence-electron chi connectivity index (χ1n) is 11.9. The number of unbranched alkanes of at least 4 members (excludes halogenated alkanes) is 5. The highest BCUT2D eigenvalue weighted by molar-refractivity contribution is 5.65. The first-order chi connectivity index (χ1) is 15.1. The zero-order chi connectivity index (χ0) is 22.1. The molecule has 0 N–H and O–H groups in total. The molecule has 1 aliphatic rings. The van der Waals surface area contributed by atoms with E-state index in [-0.39, 0.29) is 11.3 Å². The Morgan fingerprint density at radius 1 is 0.742 bits per heavy atom. The van der Waals surface area contributed by atoms with Crippen LogP contribution in [-0.4, -0.2) is 6.61 Å². The van der Waals surface area contributed by atoms with E-state index in [1.807, 2.05) is 0 Å². The summed E-state index contributed by atoms with van der Waals surface area (Å²) >= 11 is 0. The molecule has 1 fully saturated rings. The zero-order valence-electron chi connectivity index (χ0n) is 18.6. The molecule has 0 spiro atoms. The molecule has 0 radical (unpaired) electrons. The minimum atomic E-state index is -0.974. The third-order valence-electron chi connectivity index (χ3n) is 6.61. The van der Waals surface area contributed by atoms with Gasteiger partial charge in [-0.25, -0.2) is 8.78 Å². The SMILES string of the molecule is CCCCCCCCC1CCC(COc2ccc(-c3ccc(F)cc3)c(F)c2F)CC1. The summed E-state index contributed by atoms with van der Waals surface area (Å²) in [6.07, 6.45) is 14.0. The molecule has 0 heterocycles. The van der Waals surface area contributed by atoms with Gasteiger partial charge < -0.3 is 4.74 Å². The Bertz CT molecular complexity index is 795. The molecule has 0 saturated heterocycles. The van der Waals surface area contributed by atoms with Gasteiger partial charge in [-0.1, -0.05) is 76.8 Å². The van der Waals surface area contributed by atoms with E-state index >= 15 is 0 Å². The van der Waals surface area contributed by atoms with Gasteiger partial charge in [-0.3, -0.25) is 0 Å². The van der Waals surface area contributed by atoms with Crippen LogP contribution in [0.25, 0.3) is 11.1 Å². The Labute approximate surface area is 185 Å². The van der Waals surface area contributed by atoms with Crippen LogP contribution in [-0.2, 0) is 0 Å². The lowest BCUT2D eigenvalue weighted by Crippen LogP contribution is -2.20. The Balaban J connectivity index is 1.43. The van der Waals surface area contributed by atoms with Crippen LogP contribution in [0.3, 0.4) is 0 Å². The van der Waals surface area contributed by atoms with Crippen molar-refractivity contribution in [3.63, 3.8) is 0 Å². The summed E-state index contributed by atoms with van der Waals surface area (Å²) in [5, 5.41) is 0. The number of hydrogen-bond acceptors (Lipinski definition) is 1. The van der Waals surface area contributed by atoms with Gasteiger partial charge in [-0.15, -0.1) is 0 Å². The minimum absolute atomic E-state index is 0.0439. The molecule has 0 aliphatic heterocycles. The lowest BCUT2D eigenvalue weighted by molar-refractivity contribution is 0.172. The summed E-state index contributed by atoms with van der Waals surface area (Å²) in [5.74, 6) is -1.17. The molecule has 4 heteroatoms. The average molecular weight is 433 g/mol. The monoisotopic (exact) mass is 432 g/mol. The van der Waals surface area contributed by atoms with Gasteiger partial charge in [0.05, 0.1) is 6.61 Å². The molecule has 170 valence electrons. The van der Waals surface area contributed by atoms with Gasteiger partial charge in [0, 0.05) is 5.56 Å². The van der Waals surface area contributed by atoms with Crippen molar-refractivity contribution in [3.8, 4) is 16.9 Å². The van der Waals surface area contributed by atoms with Crippen molar-refractivity contribution < 1.29 is 17.9 Å². The van der Waals surface area contributed by atoms with Crippen molar-refractivity contribution in [2.24, 2.45) is 11.8 Å². The fraction of sp³-hybridized carbons (Fsp3) is 0.556. The summed E-state index contributed by atoms with van der Waals surface area (Å²) in [7, 11) is 0. The van der Waals surface area contributed by atoms with Gasteiger partial charge in [0.1, 0.15) is 5.82 Å². The molecule has 0 atom stereocenters. The summed E-state index contributed by atoms with van der Waals surface area (Å²) in [6, 6.07) is 8.33. The predicted octanol–water partition coefficient (Wildman–Crippen LogP) is 8.71. The van der Waals surface area contributed by atoms with E-state index in [2.05, 4.69) is 6.92 Å². The summed E-state index contributed by atoms with van der Waals surface area (Å²) < 4.78 is 47.8. The van der Waals surface area contributed by atoms with Gasteiger partial charge in [-0.2, -0.15) is 4.39 Å². The minimum Gasteiger partial charge on any atom is -0.490 e. The van der Waals surface area contributed by atoms with Gasteiger partial charge in [0.25, 0.3) is 0 Å². The van der Waals surface area contributed by atoms with Gasteiger partial charge >= 0.3 is 0 Å². The maximum atomic E-state index is 14.5. The van der Waals surface area contributed by atoms with E-state index in [0.29, 0.717) is 18.1 Å². The molecule has 3 rings (SSSR count). The van der Waals surface area contributed by atoms with Crippen LogP contribution in [0.5, 0.6) is 5.75 Å². The van der Waals surface area contributed by atoms with Crippen molar-refractivity contribution in [1.29, 1.82) is 0 Å². The number of ether oxygens (including phenoxy) is 1. The highest BCUT2D eigenvalue weighted by Gasteiger charge is 2.22. The normalized spacial score (nSPS) is 18.8. The molecule has 2 aromatic rings. The molecule has 0 unspecified atom stereocenters. The van der Waals surface area contributed by atoms with E-state index in [1.54, 1.807) is 0 Å². The predicted molar refractivity (Wildman–Crippen MR) is 121 cm³/mol. The second-order valence-electron chi connectivity index (χ2n) is 9.00. The maximum absolute atomic E-state index is 14.5. The second kappa shape index (κ2) is 12.2. The number of halogens is 3. The molecule has 31 heavy (non-hydrogen) atoms. The first kappa shape index (κ1) is 23.7. The topological polar surface area (TPSA) is 9.23 Å². The van der Waals surface area contributed by atoms with E-state index in [9.17, 15) is 13.2 Å². The molecule has 1 saturated carbocycles. The third kappa shape index (κ3) is 7.02. The van der Waals surface area contributed by atoms with Crippen LogP contribution in [0.2, 0.25) is 0 Å². The van der Waals surface area contributed by atoms with Crippen molar-refractivity contribution in [1.82, 2.24) is 0 Å². The number of hydrogen-bond donors (Lipinski definition) is 0. The molecule has 0 amide bonds. The Hall–Kier alpha value is -1.97. The summed E-state index contributed by atoms with van der Waals surface area (Å²) in [6.45, 7) is 2.67. The van der Waals surface area contributed by atoms with E-state index in [0.717, 1.165) is 18.8 Å². The fourth-order valence-electron chi connectivity index (χ4n) is 4.60. The first-order valence-corrected chi connectivity index (χ1v) is 11.9. The van der Waals surface area contributed by atoms with Gasteiger partial charge in [0.2, 0.25) is 5.82 Å². The van der Waals surface area contributed by atoms with Crippen LogP contribution in [0.4, 0.5) is 13.2 Å². The molecule has 0 bridgehead atoms. The van der Waals surface area contributed by atoms with Crippen LogP contribution in [0.1, 0.15) is 77.6 Å². The second-order valence-corrected chi connectivity index (χ2v) is 9.00. The van der Waals surface area contributed by atoms with E-state index < -0.39 is 17.5 Å². The van der Waals surface area contributed by atoms with Crippen molar-refractivity contribution in [2.45, 2.75) is 77.6 Å². The van der Waals surface area contributed by atoms with E-state index in [4.69, 9.17) is 4.74 Å². The van der Waals surface area contributed by atoms with Gasteiger partial charge in [-0.05, 0) is 54.5 Å². The highest BCUT2D eigenvalue weighted by Crippen LogP contribution is 2.34. The highest BCUT2D eigenvalue weighted by atomic mass is 19.2. The van der Waals surface area contributed by atoms with Gasteiger partial charge in [0.15, 0.2) is 11.6 Å². The fourth-order valence-corrected chi connectivity index (χ4v) is 4.60. The molecule has 1 aliphatic carbocycles. The van der Waals surface area contributed by atoms with Crippen molar-refractivity contribution in [3.05, 3.63) is 53.8 Å². The Kier molecular flexibility index (Phi) is 9.30. The zero-order valence-corrected chi connectivity index (χ0v) is 18.6. The Morgan fingerprint density at radius 2 is 1.39 bits per heavy atom. The lowest BCUT2D eigenvalue weighted by Gasteiger charge is -2.28. The quantitative estimate of drug-likeness (QED) is 0.323. The van der Waals surface area contributed by atoms with Crippen LogP contribution < -0.4 is 4.74 Å². The third-order valence-corrected chi connectivity index (χ3v) is 6.61. The maximum Gasteiger partial charge on any atom is 0.201 e. The standard InChI is InChI=1S/C27H35F3O/c1-2-3-4-5-6-7-8-20-9-11-21(12-10-20)19-31-25-18-17-24(26(29)27(25)30)22-13-15-23(28)16-14-22/h13-18,20-21H,2-12,19H2,1H3. The van der Waals surface area contributed by atoms with Crippen LogP contribution in [0, 0.1) is 29.3 Å².